The van der Waals surface area contributed by atoms with Crippen molar-refractivity contribution in [3.8, 4) is 18.1 Å². The predicted molar refractivity (Wildman–Crippen MR) is 87.9 cm³/mol. The van der Waals surface area contributed by atoms with Crippen LogP contribution in [0.2, 0.25) is 0 Å². The fraction of sp³-hybridized carbons (Fsp3) is 0.353. The highest BCUT2D eigenvalue weighted by Crippen LogP contribution is 2.28. The Morgan fingerprint density at radius 2 is 2.20 bits per heavy atom. The molecule has 0 aliphatic carbocycles. The van der Waals surface area contributed by atoms with E-state index in [0.717, 1.165) is 12.0 Å². The average Bonchev–Trinajstić information content (AvgIpc) is 2.95. The van der Waals surface area contributed by atoms with Crippen LogP contribution in [0.5, 0.6) is 5.75 Å². The molecule has 1 atom stereocenters. The molecule has 0 fully saturated rings. The maximum atomic E-state index is 12.6. The number of ether oxygens (including phenoxy) is 2. The molecule has 132 valence electrons. The second-order valence-electron chi connectivity index (χ2n) is 5.18. The Hall–Kier alpha value is -3.05. The molecule has 1 aliphatic heterocycles. The number of fused-ring (bicyclic) bond motifs is 1. The molecule has 1 heterocycles. The number of hydrogen-bond donors (Lipinski definition) is 0. The molecule has 0 spiro atoms. The highest BCUT2D eigenvalue weighted by atomic mass is 17.2. The normalized spacial score (nSPS) is 15.4. The third-order valence-electron chi connectivity index (χ3n) is 3.79. The number of carbonyl (C=O) groups excluding carboxylic acids is 2. The molecule has 1 aromatic carbocycles. The van der Waals surface area contributed by atoms with Gasteiger partial charge in [0.05, 0.1) is 27.9 Å². The molecule has 0 aromatic heterocycles. The minimum Gasteiger partial charge on any atom is -0.497 e. The maximum absolute atomic E-state index is 12.6. The summed E-state index contributed by atoms with van der Waals surface area (Å²) in [6, 6.07) is 5.19. The van der Waals surface area contributed by atoms with Gasteiger partial charge in [-0.15, -0.1) is 6.42 Å². The number of terminal acetylenes is 1. The van der Waals surface area contributed by atoms with Crippen molar-refractivity contribution in [1.82, 2.24) is 4.90 Å². The van der Waals surface area contributed by atoms with Crippen molar-refractivity contribution in [1.29, 1.82) is 0 Å². The van der Waals surface area contributed by atoms with E-state index in [0.29, 0.717) is 17.9 Å². The number of methoxy groups -OCH3 is 2. The van der Waals surface area contributed by atoms with Crippen LogP contribution < -0.4 is 4.74 Å². The standard InChI is InChI=1S/C17H18N2O6/c1-5-17(16(21)23-3,18-11-25-24-4)10-19-9-12-6-7-13(22-2)8-14(12)15(19)20/h1,6-8,11H,9-10H2,2-4H3/t17-/m1/s1. The highest BCUT2D eigenvalue weighted by Gasteiger charge is 2.43. The Kier molecular flexibility index (Phi) is 5.62. The summed E-state index contributed by atoms with van der Waals surface area (Å²) in [6.07, 6.45) is 6.42. The predicted octanol–water partition coefficient (Wildman–Crippen LogP) is 0.802. The summed E-state index contributed by atoms with van der Waals surface area (Å²) in [5.41, 5.74) is -0.444. The average molecular weight is 346 g/mol. The van der Waals surface area contributed by atoms with Crippen LogP contribution in [0.3, 0.4) is 0 Å². The zero-order valence-corrected chi connectivity index (χ0v) is 14.1. The van der Waals surface area contributed by atoms with Gasteiger partial charge in [0.2, 0.25) is 11.9 Å². The lowest BCUT2D eigenvalue weighted by Gasteiger charge is -2.26. The van der Waals surface area contributed by atoms with Gasteiger partial charge in [-0.1, -0.05) is 12.0 Å². The number of carbonyl (C=O) groups is 2. The number of nitrogens with zero attached hydrogens (tertiary/aromatic N) is 2. The largest absolute Gasteiger partial charge is 0.497 e. The third-order valence-corrected chi connectivity index (χ3v) is 3.79. The van der Waals surface area contributed by atoms with Crippen molar-refractivity contribution in [3.05, 3.63) is 29.3 Å². The highest BCUT2D eigenvalue weighted by molar-refractivity contribution is 5.99. The number of esters is 1. The summed E-state index contributed by atoms with van der Waals surface area (Å²) in [5.74, 6) is 1.80. The lowest BCUT2D eigenvalue weighted by molar-refractivity contribution is -0.188. The molecule has 0 bridgehead atoms. The van der Waals surface area contributed by atoms with Crippen molar-refractivity contribution >= 4 is 18.3 Å². The Bertz CT molecular complexity index is 739. The van der Waals surface area contributed by atoms with E-state index in [4.69, 9.17) is 15.9 Å². The Morgan fingerprint density at radius 3 is 2.80 bits per heavy atom. The van der Waals surface area contributed by atoms with Crippen LogP contribution in [0.4, 0.5) is 0 Å². The molecule has 25 heavy (non-hydrogen) atoms. The van der Waals surface area contributed by atoms with E-state index in [9.17, 15) is 9.59 Å². The molecule has 0 radical (unpaired) electrons. The first-order valence-electron chi connectivity index (χ1n) is 7.27. The first-order chi connectivity index (χ1) is 12.0. The van der Waals surface area contributed by atoms with Gasteiger partial charge in [0.15, 0.2) is 0 Å². The number of rotatable bonds is 7. The smallest absolute Gasteiger partial charge is 0.348 e. The van der Waals surface area contributed by atoms with Gasteiger partial charge >= 0.3 is 5.97 Å². The lowest BCUT2D eigenvalue weighted by atomic mass is 10.0. The molecule has 2 rings (SSSR count). The third kappa shape index (κ3) is 3.56. The molecule has 8 nitrogen and oxygen atoms in total. The molecule has 1 aliphatic rings. The quantitative estimate of drug-likeness (QED) is 0.181. The molecular formula is C17H18N2O6. The first-order valence-corrected chi connectivity index (χ1v) is 7.27. The van der Waals surface area contributed by atoms with Gasteiger partial charge in [0.25, 0.3) is 5.91 Å². The number of aliphatic imine (C=N–C) groups is 1. The molecule has 0 saturated heterocycles. The molecule has 1 amide bonds. The summed E-state index contributed by atoms with van der Waals surface area (Å²) in [5, 5.41) is 0. The van der Waals surface area contributed by atoms with Gasteiger partial charge in [-0.3, -0.25) is 4.79 Å². The van der Waals surface area contributed by atoms with E-state index in [1.165, 1.54) is 26.2 Å². The summed E-state index contributed by atoms with van der Waals surface area (Å²) in [4.78, 5) is 39.1. The fourth-order valence-electron chi connectivity index (χ4n) is 2.49. The molecule has 0 unspecified atom stereocenters. The Morgan fingerprint density at radius 1 is 1.44 bits per heavy atom. The van der Waals surface area contributed by atoms with Crippen LogP contribution in [0, 0.1) is 12.3 Å². The second-order valence-corrected chi connectivity index (χ2v) is 5.18. The van der Waals surface area contributed by atoms with Gasteiger partial charge in [-0.2, -0.15) is 4.89 Å². The van der Waals surface area contributed by atoms with Crippen LogP contribution in [-0.2, 0) is 25.9 Å². The van der Waals surface area contributed by atoms with Crippen LogP contribution in [0.1, 0.15) is 15.9 Å². The molecule has 8 heteroatoms. The fourth-order valence-corrected chi connectivity index (χ4v) is 2.49. The van der Waals surface area contributed by atoms with E-state index in [2.05, 4.69) is 20.7 Å². The second kappa shape index (κ2) is 7.68. The van der Waals surface area contributed by atoms with Crippen molar-refractivity contribution in [2.75, 3.05) is 27.9 Å². The molecule has 0 saturated carbocycles. The number of hydrogen-bond acceptors (Lipinski definition) is 7. The Balaban J connectivity index is 2.29. The SMILES string of the molecule is C#C[C@](CN1Cc2ccc(OC)cc2C1=O)(N=COOC)C(=O)OC. The van der Waals surface area contributed by atoms with Crippen molar-refractivity contribution in [2.24, 2.45) is 4.99 Å². The maximum Gasteiger partial charge on any atom is 0.348 e. The minimum atomic E-state index is -1.74. The molecule has 0 N–H and O–H groups in total. The van der Waals surface area contributed by atoms with E-state index >= 15 is 0 Å². The molecule has 1 aromatic rings. The van der Waals surface area contributed by atoms with Gasteiger partial charge in [-0.25, -0.2) is 9.79 Å². The Labute approximate surface area is 145 Å². The summed E-state index contributed by atoms with van der Waals surface area (Å²) < 4.78 is 9.88. The van der Waals surface area contributed by atoms with Crippen LogP contribution >= 0.6 is 0 Å². The monoisotopic (exact) mass is 346 g/mol. The van der Waals surface area contributed by atoms with E-state index in [1.54, 1.807) is 18.2 Å². The van der Waals surface area contributed by atoms with E-state index in [-0.39, 0.29) is 12.5 Å². The summed E-state index contributed by atoms with van der Waals surface area (Å²) >= 11 is 0. The van der Waals surface area contributed by atoms with Crippen molar-refractivity contribution in [3.63, 3.8) is 0 Å². The van der Waals surface area contributed by atoms with Crippen LogP contribution in [-0.4, -0.2) is 56.6 Å². The topological polar surface area (TPSA) is 86.7 Å². The zero-order valence-electron chi connectivity index (χ0n) is 14.1. The first kappa shape index (κ1) is 18.3. The zero-order chi connectivity index (χ0) is 18.4. The van der Waals surface area contributed by atoms with Crippen molar-refractivity contribution in [2.45, 2.75) is 12.1 Å². The minimum absolute atomic E-state index is 0.171. The van der Waals surface area contributed by atoms with Gasteiger partial charge < -0.3 is 19.3 Å². The number of amides is 1. The van der Waals surface area contributed by atoms with Gasteiger partial charge in [-0.05, 0) is 17.7 Å². The summed E-state index contributed by atoms with van der Waals surface area (Å²) in [6.45, 7) is 0.120. The lowest BCUT2D eigenvalue weighted by Crippen LogP contribution is -2.47. The van der Waals surface area contributed by atoms with E-state index < -0.39 is 11.5 Å². The number of benzene rings is 1. The van der Waals surface area contributed by atoms with Crippen molar-refractivity contribution < 1.29 is 28.8 Å². The van der Waals surface area contributed by atoms with Crippen LogP contribution in [0.25, 0.3) is 0 Å². The summed E-state index contributed by atoms with van der Waals surface area (Å²) in [7, 11) is 3.98. The molecular weight excluding hydrogens is 328 g/mol. The van der Waals surface area contributed by atoms with Crippen LogP contribution in [0.15, 0.2) is 23.2 Å². The van der Waals surface area contributed by atoms with E-state index in [1.807, 2.05) is 0 Å². The van der Waals surface area contributed by atoms with Gasteiger partial charge in [0.1, 0.15) is 5.75 Å². The van der Waals surface area contributed by atoms with Gasteiger partial charge in [0, 0.05) is 12.1 Å².